The summed E-state index contributed by atoms with van der Waals surface area (Å²) in [6.45, 7) is 0. The zero-order chi connectivity index (χ0) is 35.7. The van der Waals surface area contributed by atoms with Gasteiger partial charge in [0.1, 0.15) is 29.2 Å². The van der Waals surface area contributed by atoms with Gasteiger partial charge in [0.05, 0.1) is 22.1 Å². The van der Waals surface area contributed by atoms with Crippen molar-refractivity contribution in [2.24, 2.45) is 0 Å². The number of rotatable bonds is 6. The van der Waals surface area contributed by atoms with Crippen LogP contribution < -0.4 is 0 Å². The smallest absolute Gasteiger partial charge is 0.137 e. The molecule has 0 bridgehead atoms. The van der Waals surface area contributed by atoms with E-state index in [0.29, 0.717) is 17.1 Å². The molecule has 0 amide bonds. The number of para-hydroxylation sites is 4. The number of ether oxygens (including phenoxy) is 1. The van der Waals surface area contributed by atoms with Gasteiger partial charge in [-0.15, -0.1) is 0 Å². The molecule has 9 rings (SSSR count). The van der Waals surface area contributed by atoms with Crippen molar-refractivity contribution in [2.75, 3.05) is 0 Å². The largest absolute Gasteiger partial charge is 0.457 e. The number of aromatic nitrogens is 2. The highest BCUT2D eigenvalue weighted by Crippen LogP contribution is 2.33. The first-order valence-electron chi connectivity index (χ1n) is 17.4. The molecular formula is C48H30N4O. The average molecular weight is 679 g/mol. The summed E-state index contributed by atoms with van der Waals surface area (Å²) in [6, 6.07) is 54.7. The Hall–Kier alpha value is -7.60. The van der Waals surface area contributed by atoms with E-state index in [-0.39, 0.29) is 5.57 Å². The lowest BCUT2D eigenvalue weighted by molar-refractivity contribution is 0.332. The number of allylic oxidation sites excluding steroid dienone is 6. The highest BCUT2D eigenvalue weighted by atomic mass is 16.5. The zero-order valence-electron chi connectivity index (χ0n) is 28.5. The zero-order valence-corrected chi connectivity index (χ0v) is 28.5. The highest BCUT2D eigenvalue weighted by Gasteiger charge is 2.14. The molecule has 3 heterocycles. The maximum absolute atomic E-state index is 9.67. The summed E-state index contributed by atoms with van der Waals surface area (Å²) in [5, 5.41) is 24.2. The van der Waals surface area contributed by atoms with Crippen LogP contribution >= 0.6 is 0 Å². The number of hydrogen-bond donors (Lipinski definition) is 0. The number of fused-ring (bicyclic) bond motifs is 6. The molecule has 0 saturated heterocycles. The minimum Gasteiger partial charge on any atom is -0.457 e. The highest BCUT2D eigenvalue weighted by molar-refractivity contribution is 6.10. The summed E-state index contributed by atoms with van der Waals surface area (Å²) in [5.41, 5.74) is 9.29. The van der Waals surface area contributed by atoms with Crippen LogP contribution in [0.25, 0.3) is 67.1 Å². The third-order valence-corrected chi connectivity index (χ3v) is 9.69. The number of benzene rings is 6. The maximum atomic E-state index is 9.67. The lowest BCUT2D eigenvalue weighted by Crippen LogP contribution is -1.98. The SMILES string of the molecule is N#CC(C#N)=C1C=C(/C=C/c2ccc(-n3c4ccccc4c4ccccc43)cc2)OC(/C=C/c2ccc(-n3c4ccccc4c4ccccc43)cc2)=C1. The fourth-order valence-electron chi connectivity index (χ4n) is 7.23. The second kappa shape index (κ2) is 13.3. The van der Waals surface area contributed by atoms with Crippen molar-refractivity contribution in [3.63, 3.8) is 0 Å². The molecule has 0 N–H and O–H groups in total. The van der Waals surface area contributed by atoms with Crippen LogP contribution in [-0.2, 0) is 4.74 Å². The molecule has 0 unspecified atom stereocenters. The number of nitriles is 2. The summed E-state index contributed by atoms with van der Waals surface area (Å²) in [6.07, 6.45) is 11.1. The molecular weight excluding hydrogens is 649 g/mol. The Morgan fingerprint density at radius 1 is 0.434 bits per heavy atom. The van der Waals surface area contributed by atoms with Gasteiger partial charge in [-0.1, -0.05) is 109 Å². The van der Waals surface area contributed by atoms with Gasteiger partial charge in [-0.05, 0) is 84.0 Å². The number of nitrogens with zero attached hydrogens (tertiary/aromatic N) is 4. The molecule has 2 aromatic heterocycles. The lowest BCUT2D eigenvalue weighted by atomic mass is 10.1. The van der Waals surface area contributed by atoms with E-state index < -0.39 is 0 Å². The van der Waals surface area contributed by atoms with E-state index in [1.165, 1.54) is 21.5 Å². The summed E-state index contributed by atoms with van der Waals surface area (Å²) < 4.78 is 10.8. The lowest BCUT2D eigenvalue weighted by Gasteiger charge is -2.14. The Kier molecular flexibility index (Phi) is 7.86. The van der Waals surface area contributed by atoms with E-state index in [1.54, 1.807) is 12.2 Å². The van der Waals surface area contributed by atoms with E-state index in [1.807, 2.05) is 36.4 Å². The van der Waals surface area contributed by atoms with E-state index >= 15 is 0 Å². The molecule has 53 heavy (non-hydrogen) atoms. The molecule has 5 heteroatoms. The van der Waals surface area contributed by atoms with Gasteiger partial charge in [-0.3, -0.25) is 0 Å². The molecule has 0 saturated carbocycles. The summed E-state index contributed by atoms with van der Waals surface area (Å²) in [7, 11) is 0. The van der Waals surface area contributed by atoms with Crippen LogP contribution in [-0.4, -0.2) is 9.13 Å². The standard InChI is InChI=1S/C48H30N4O/c49-31-36(32-50)35-29-39(27-21-33-17-23-37(24-18-33)51-45-13-5-1-9-41(45)42-10-2-6-14-46(42)51)53-40(30-35)28-22-34-19-25-38(26-20-34)52-47-15-7-3-11-43(47)44-12-4-8-16-48(44)52/h1-30H/b27-21+,28-22+. The third-order valence-electron chi connectivity index (χ3n) is 9.69. The fourth-order valence-corrected chi connectivity index (χ4v) is 7.23. The molecule has 5 nitrogen and oxygen atoms in total. The minimum atomic E-state index is 0.0242. The van der Waals surface area contributed by atoms with E-state index in [2.05, 4.69) is 155 Å². The maximum Gasteiger partial charge on any atom is 0.137 e. The van der Waals surface area contributed by atoms with E-state index in [4.69, 9.17) is 4.74 Å². The first-order valence-corrected chi connectivity index (χ1v) is 17.4. The van der Waals surface area contributed by atoms with E-state index in [0.717, 1.165) is 44.6 Å². The Morgan fingerprint density at radius 3 is 1.11 bits per heavy atom. The Labute approximate surface area is 306 Å². The second-order valence-electron chi connectivity index (χ2n) is 12.8. The van der Waals surface area contributed by atoms with Gasteiger partial charge < -0.3 is 13.9 Å². The molecule has 6 aromatic carbocycles. The van der Waals surface area contributed by atoms with Gasteiger partial charge in [0.15, 0.2) is 0 Å². The summed E-state index contributed by atoms with van der Waals surface area (Å²) >= 11 is 0. The van der Waals surface area contributed by atoms with Crippen LogP contribution in [0.3, 0.4) is 0 Å². The predicted octanol–water partition coefficient (Wildman–Crippen LogP) is 11.7. The predicted molar refractivity (Wildman–Crippen MR) is 215 cm³/mol. The first kappa shape index (κ1) is 31.4. The molecule has 0 aliphatic carbocycles. The second-order valence-corrected chi connectivity index (χ2v) is 12.8. The molecule has 8 aromatic rings. The van der Waals surface area contributed by atoms with Crippen molar-refractivity contribution in [3.8, 4) is 23.5 Å². The molecule has 0 atom stereocenters. The van der Waals surface area contributed by atoms with Gasteiger partial charge in [-0.2, -0.15) is 10.5 Å². The molecule has 0 radical (unpaired) electrons. The molecule has 0 spiro atoms. The van der Waals surface area contributed by atoms with Crippen molar-refractivity contribution in [1.29, 1.82) is 10.5 Å². The van der Waals surface area contributed by atoms with Gasteiger partial charge in [0.25, 0.3) is 0 Å². The van der Waals surface area contributed by atoms with Crippen molar-refractivity contribution < 1.29 is 4.74 Å². The monoisotopic (exact) mass is 678 g/mol. The molecule has 0 fully saturated rings. The van der Waals surface area contributed by atoms with Crippen molar-refractivity contribution in [1.82, 2.24) is 9.13 Å². The Morgan fingerprint density at radius 2 is 0.774 bits per heavy atom. The van der Waals surface area contributed by atoms with Crippen molar-refractivity contribution in [2.45, 2.75) is 0 Å². The van der Waals surface area contributed by atoms with Crippen LogP contribution in [0.5, 0.6) is 0 Å². The minimum absolute atomic E-state index is 0.0242. The molecule has 1 aliphatic heterocycles. The van der Waals surface area contributed by atoms with Crippen LogP contribution in [0, 0.1) is 22.7 Å². The quantitative estimate of drug-likeness (QED) is 0.164. The Balaban J connectivity index is 0.970. The third kappa shape index (κ3) is 5.69. The van der Waals surface area contributed by atoms with Crippen molar-refractivity contribution in [3.05, 3.63) is 204 Å². The summed E-state index contributed by atoms with van der Waals surface area (Å²) in [5.74, 6) is 1.05. The van der Waals surface area contributed by atoms with Gasteiger partial charge in [-0.25, -0.2) is 0 Å². The molecule has 1 aliphatic rings. The summed E-state index contributed by atoms with van der Waals surface area (Å²) in [4.78, 5) is 0. The van der Waals surface area contributed by atoms with Crippen LogP contribution in [0.15, 0.2) is 193 Å². The topological polar surface area (TPSA) is 66.7 Å². The van der Waals surface area contributed by atoms with Gasteiger partial charge >= 0.3 is 0 Å². The fraction of sp³-hybridized carbons (Fsp3) is 0. The van der Waals surface area contributed by atoms with Crippen molar-refractivity contribution >= 4 is 55.8 Å². The first-order chi connectivity index (χ1) is 26.2. The normalized spacial score (nSPS) is 13.1. The number of hydrogen-bond acceptors (Lipinski definition) is 3. The van der Waals surface area contributed by atoms with Crippen LogP contribution in [0.2, 0.25) is 0 Å². The van der Waals surface area contributed by atoms with E-state index in [9.17, 15) is 10.5 Å². The average Bonchev–Trinajstić information content (AvgIpc) is 3.73. The van der Waals surface area contributed by atoms with Gasteiger partial charge in [0.2, 0.25) is 0 Å². The Bertz CT molecular complexity index is 2660. The van der Waals surface area contributed by atoms with Crippen LogP contribution in [0.4, 0.5) is 0 Å². The molecule has 248 valence electrons. The van der Waals surface area contributed by atoms with Crippen LogP contribution in [0.1, 0.15) is 11.1 Å². The van der Waals surface area contributed by atoms with Gasteiger partial charge in [0, 0.05) is 38.5 Å².